The first-order valence-corrected chi connectivity index (χ1v) is 9.47. The SMILES string of the molecule is COc1ncnc2c1sc1nc(CC(C)C)c3c(c12)CC(C)(C)OC3. The molecule has 0 atom stereocenters. The maximum absolute atomic E-state index is 6.10. The van der Waals surface area contributed by atoms with Crippen LogP contribution in [0, 0.1) is 5.92 Å². The number of fused-ring (bicyclic) bond motifs is 5. The van der Waals surface area contributed by atoms with E-state index in [4.69, 9.17) is 14.5 Å². The van der Waals surface area contributed by atoms with Crippen molar-refractivity contribution < 1.29 is 9.47 Å². The third kappa shape index (κ3) is 2.77. The number of ether oxygens (including phenoxy) is 2. The Morgan fingerprint density at radius 1 is 1.28 bits per heavy atom. The predicted molar refractivity (Wildman–Crippen MR) is 100 cm³/mol. The summed E-state index contributed by atoms with van der Waals surface area (Å²) in [5, 5.41) is 1.15. The largest absolute Gasteiger partial charge is 0.480 e. The molecule has 0 N–H and O–H groups in total. The molecule has 6 heteroatoms. The van der Waals surface area contributed by atoms with Crippen molar-refractivity contribution in [1.82, 2.24) is 15.0 Å². The molecule has 0 aromatic carbocycles. The van der Waals surface area contributed by atoms with Crippen LogP contribution in [0.1, 0.15) is 44.5 Å². The highest BCUT2D eigenvalue weighted by Gasteiger charge is 2.31. The van der Waals surface area contributed by atoms with Gasteiger partial charge in [-0.2, -0.15) is 0 Å². The van der Waals surface area contributed by atoms with Gasteiger partial charge in [0.15, 0.2) is 0 Å². The lowest BCUT2D eigenvalue weighted by molar-refractivity contribution is -0.0402. The molecule has 25 heavy (non-hydrogen) atoms. The van der Waals surface area contributed by atoms with Crippen LogP contribution in [0.2, 0.25) is 0 Å². The Labute approximate surface area is 151 Å². The van der Waals surface area contributed by atoms with E-state index in [0.717, 1.165) is 39.0 Å². The number of pyridine rings is 1. The molecular weight excluding hydrogens is 334 g/mol. The van der Waals surface area contributed by atoms with Crippen LogP contribution in [0.15, 0.2) is 6.33 Å². The number of aromatic nitrogens is 3. The molecule has 0 aliphatic carbocycles. The minimum atomic E-state index is -0.179. The molecule has 3 aromatic rings. The van der Waals surface area contributed by atoms with Crippen LogP contribution in [0.5, 0.6) is 5.88 Å². The van der Waals surface area contributed by atoms with E-state index in [-0.39, 0.29) is 5.60 Å². The standard InChI is InChI=1S/C19H23N3O2S/c1-10(2)6-13-12-8-24-19(3,4)7-11(12)14-15-16(25-18(14)22-13)17(23-5)21-9-20-15/h9-10H,6-8H2,1-5H3. The highest BCUT2D eigenvalue weighted by Crippen LogP contribution is 2.42. The van der Waals surface area contributed by atoms with Crippen LogP contribution in [0.25, 0.3) is 20.4 Å². The number of rotatable bonds is 3. The average Bonchev–Trinajstić information content (AvgIpc) is 2.91. The van der Waals surface area contributed by atoms with E-state index >= 15 is 0 Å². The van der Waals surface area contributed by atoms with E-state index in [9.17, 15) is 0 Å². The Balaban J connectivity index is 2.07. The fourth-order valence-electron chi connectivity index (χ4n) is 3.55. The lowest BCUT2D eigenvalue weighted by atomic mass is 9.88. The van der Waals surface area contributed by atoms with E-state index in [1.165, 1.54) is 11.1 Å². The Morgan fingerprint density at radius 2 is 2.08 bits per heavy atom. The van der Waals surface area contributed by atoms with Gasteiger partial charge in [-0.3, -0.25) is 0 Å². The Hall–Kier alpha value is -1.79. The smallest absolute Gasteiger partial charge is 0.234 e. The van der Waals surface area contributed by atoms with Gasteiger partial charge in [0.05, 0.1) is 24.8 Å². The van der Waals surface area contributed by atoms with E-state index in [0.29, 0.717) is 18.4 Å². The van der Waals surface area contributed by atoms with Crippen LogP contribution in [0.3, 0.4) is 0 Å². The second-order valence-electron chi connectivity index (χ2n) is 7.68. The summed E-state index contributed by atoms with van der Waals surface area (Å²) in [6, 6.07) is 0. The molecule has 0 fully saturated rings. The van der Waals surface area contributed by atoms with Gasteiger partial charge in [0, 0.05) is 23.1 Å². The van der Waals surface area contributed by atoms with E-state index < -0.39 is 0 Å². The van der Waals surface area contributed by atoms with Gasteiger partial charge in [-0.15, -0.1) is 11.3 Å². The third-order valence-electron chi connectivity index (χ3n) is 4.68. The number of thiophene rings is 1. The molecule has 0 unspecified atom stereocenters. The van der Waals surface area contributed by atoms with E-state index in [1.807, 2.05) is 0 Å². The Kier molecular flexibility index (Phi) is 3.92. The summed E-state index contributed by atoms with van der Waals surface area (Å²) in [5.74, 6) is 1.17. The minimum absolute atomic E-state index is 0.179. The van der Waals surface area contributed by atoms with Gasteiger partial charge in [-0.25, -0.2) is 15.0 Å². The highest BCUT2D eigenvalue weighted by atomic mass is 32.1. The first-order chi connectivity index (χ1) is 11.9. The molecule has 0 spiro atoms. The minimum Gasteiger partial charge on any atom is -0.480 e. The molecule has 0 saturated carbocycles. The molecule has 3 aromatic heterocycles. The van der Waals surface area contributed by atoms with Crippen molar-refractivity contribution in [2.75, 3.05) is 7.11 Å². The first-order valence-electron chi connectivity index (χ1n) is 8.65. The van der Waals surface area contributed by atoms with Crippen molar-refractivity contribution in [3.05, 3.63) is 23.1 Å². The van der Waals surface area contributed by atoms with Gasteiger partial charge in [0.2, 0.25) is 5.88 Å². The van der Waals surface area contributed by atoms with Crippen molar-refractivity contribution in [3.63, 3.8) is 0 Å². The highest BCUT2D eigenvalue weighted by molar-refractivity contribution is 7.25. The maximum atomic E-state index is 6.10. The van der Waals surface area contributed by atoms with Gasteiger partial charge in [-0.1, -0.05) is 13.8 Å². The van der Waals surface area contributed by atoms with Gasteiger partial charge in [0.1, 0.15) is 15.9 Å². The molecule has 4 rings (SSSR count). The summed E-state index contributed by atoms with van der Waals surface area (Å²) < 4.78 is 12.5. The Morgan fingerprint density at radius 3 is 2.80 bits per heavy atom. The van der Waals surface area contributed by atoms with Crippen molar-refractivity contribution in [1.29, 1.82) is 0 Å². The fraction of sp³-hybridized carbons (Fsp3) is 0.526. The third-order valence-corrected chi connectivity index (χ3v) is 5.74. The number of hydrogen-bond donors (Lipinski definition) is 0. The maximum Gasteiger partial charge on any atom is 0.234 e. The number of hydrogen-bond acceptors (Lipinski definition) is 6. The zero-order chi connectivity index (χ0) is 17.8. The monoisotopic (exact) mass is 357 g/mol. The molecule has 1 aliphatic rings. The zero-order valence-electron chi connectivity index (χ0n) is 15.3. The van der Waals surface area contributed by atoms with Crippen molar-refractivity contribution in [2.45, 2.75) is 52.7 Å². The lowest BCUT2D eigenvalue weighted by Crippen LogP contribution is -2.33. The van der Waals surface area contributed by atoms with Gasteiger partial charge in [-0.05, 0) is 31.7 Å². The van der Waals surface area contributed by atoms with Crippen LogP contribution in [-0.4, -0.2) is 27.7 Å². The van der Waals surface area contributed by atoms with Crippen LogP contribution in [-0.2, 0) is 24.2 Å². The topological polar surface area (TPSA) is 57.1 Å². The van der Waals surface area contributed by atoms with Gasteiger partial charge in [0.25, 0.3) is 0 Å². The molecule has 0 bridgehead atoms. The summed E-state index contributed by atoms with van der Waals surface area (Å²) in [5.41, 5.74) is 4.51. The van der Waals surface area contributed by atoms with Crippen LogP contribution in [0.4, 0.5) is 0 Å². The molecule has 1 aliphatic heterocycles. The zero-order valence-corrected chi connectivity index (χ0v) is 16.2. The van der Waals surface area contributed by atoms with Crippen molar-refractivity contribution in [3.8, 4) is 5.88 Å². The van der Waals surface area contributed by atoms with Crippen molar-refractivity contribution in [2.24, 2.45) is 5.92 Å². The average molecular weight is 357 g/mol. The molecule has 0 amide bonds. The van der Waals surface area contributed by atoms with Crippen LogP contribution >= 0.6 is 11.3 Å². The summed E-state index contributed by atoms with van der Waals surface area (Å²) in [6.07, 6.45) is 3.40. The molecule has 4 heterocycles. The summed E-state index contributed by atoms with van der Waals surface area (Å²) >= 11 is 1.63. The lowest BCUT2D eigenvalue weighted by Gasteiger charge is -2.33. The molecule has 132 valence electrons. The number of nitrogens with zero attached hydrogens (tertiary/aromatic N) is 3. The Bertz CT molecular complexity index is 962. The fourth-order valence-corrected chi connectivity index (χ4v) is 4.70. The summed E-state index contributed by atoms with van der Waals surface area (Å²) in [6.45, 7) is 9.37. The molecule has 5 nitrogen and oxygen atoms in total. The van der Waals surface area contributed by atoms with Crippen LogP contribution < -0.4 is 4.74 Å². The molecule has 0 radical (unpaired) electrons. The predicted octanol–water partition coefficient (Wildman–Crippen LogP) is 4.30. The second-order valence-corrected chi connectivity index (χ2v) is 8.68. The van der Waals surface area contributed by atoms with Gasteiger partial charge < -0.3 is 9.47 Å². The quantitative estimate of drug-likeness (QED) is 0.699. The second kappa shape index (κ2) is 5.88. The van der Waals surface area contributed by atoms with E-state index in [2.05, 4.69) is 37.7 Å². The molecule has 0 saturated heterocycles. The first kappa shape index (κ1) is 16.7. The summed E-state index contributed by atoms with van der Waals surface area (Å²) in [7, 11) is 1.65. The molecular formula is C19H23N3O2S. The van der Waals surface area contributed by atoms with Crippen molar-refractivity contribution >= 4 is 31.8 Å². The van der Waals surface area contributed by atoms with E-state index in [1.54, 1.807) is 24.8 Å². The summed E-state index contributed by atoms with van der Waals surface area (Å²) in [4.78, 5) is 14.9. The normalized spacial score (nSPS) is 16.6. The number of methoxy groups -OCH3 is 1. The van der Waals surface area contributed by atoms with Gasteiger partial charge >= 0.3 is 0 Å².